The van der Waals surface area contributed by atoms with Gasteiger partial charge in [-0.2, -0.15) is 13.8 Å². The molecule has 1 N–H and O–H groups in total. The van der Waals surface area contributed by atoms with Crippen LogP contribution in [0.4, 0.5) is 14.5 Å². The van der Waals surface area contributed by atoms with Crippen LogP contribution in [0.2, 0.25) is 0 Å². The average Bonchev–Trinajstić information content (AvgIpc) is 2.73. The highest BCUT2D eigenvalue weighted by Crippen LogP contribution is 2.25. The van der Waals surface area contributed by atoms with Crippen molar-refractivity contribution in [1.82, 2.24) is 10.1 Å². The first-order valence-corrected chi connectivity index (χ1v) is 5.22. The fourth-order valence-corrected chi connectivity index (χ4v) is 1.40. The molecule has 2 rings (SSSR count). The molecule has 18 heavy (non-hydrogen) atoms. The Morgan fingerprint density at radius 3 is 2.83 bits per heavy atom. The standard InChI is InChI=1S/C11H11F2N3O2/c1-7-15-10(16-18-7)6-14-8-4-2-3-5-9(8)17-11(12)13/h2-5,11,14H,6H2,1H3. The highest BCUT2D eigenvalue weighted by molar-refractivity contribution is 5.56. The van der Waals surface area contributed by atoms with Crippen molar-refractivity contribution in [2.24, 2.45) is 0 Å². The molecule has 1 aromatic carbocycles. The minimum atomic E-state index is -2.86. The molecule has 0 saturated carbocycles. The van der Waals surface area contributed by atoms with E-state index >= 15 is 0 Å². The van der Waals surface area contributed by atoms with Gasteiger partial charge in [0.2, 0.25) is 5.89 Å². The van der Waals surface area contributed by atoms with E-state index in [1.807, 2.05) is 0 Å². The number of hydrogen-bond acceptors (Lipinski definition) is 5. The maximum atomic E-state index is 12.2. The molecule has 0 atom stereocenters. The highest BCUT2D eigenvalue weighted by Gasteiger charge is 2.09. The maximum Gasteiger partial charge on any atom is 0.387 e. The van der Waals surface area contributed by atoms with Gasteiger partial charge >= 0.3 is 6.61 Å². The summed E-state index contributed by atoms with van der Waals surface area (Å²) in [5.74, 6) is 0.969. The van der Waals surface area contributed by atoms with Crippen LogP contribution in [0.3, 0.4) is 0 Å². The fraction of sp³-hybridized carbons (Fsp3) is 0.273. The zero-order valence-electron chi connectivity index (χ0n) is 9.56. The molecular formula is C11H11F2N3O2. The molecule has 1 aromatic heterocycles. The third kappa shape index (κ3) is 3.16. The van der Waals surface area contributed by atoms with Gasteiger partial charge in [-0.05, 0) is 12.1 Å². The van der Waals surface area contributed by atoms with Crippen molar-refractivity contribution < 1.29 is 18.0 Å². The van der Waals surface area contributed by atoms with E-state index in [-0.39, 0.29) is 12.3 Å². The van der Waals surface area contributed by atoms with Crippen LogP contribution in [0.1, 0.15) is 11.7 Å². The van der Waals surface area contributed by atoms with Gasteiger partial charge in [0.25, 0.3) is 0 Å². The predicted molar refractivity (Wildman–Crippen MR) is 59.4 cm³/mol. The van der Waals surface area contributed by atoms with Crippen LogP contribution < -0.4 is 10.1 Å². The zero-order valence-corrected chi connectivity index (χ0v) is 9.56. The van der Waals surface area contributed by atoms with Crippen LogP contribution in [0, 0.1) is 6.92 Å². The van der Waals surface area contributed by atoms with Crippen LogP contribution in [-0.2, 0) is 6.54 Å². The molecule has 0 saturated heterocycles. The fourth-order valence-electron chi connectivity index (χ4n) is 1.40. The van der Waals surface area contributed by atoms with Gasteiger partial charge in [0.05, 0.1) is 12.2 Å². The molecule has 0 bridgehead atoms. The van der Waals surface area contributed by atoms with E-state index in [2.05, 4.69) is 20.2 Å². The van der Waals surface area contributed by atoms with Gasteiger partial charge < -0.3 is 14.6 Å². The van der Waals surface area contributed by atoms with E-state index < -0.39 is 6.61 Å². The number of benzene rings is 1. The Morgan fingerprint density at radius 1 is 1.39 bits per heavy atom. The number of nitrogens with one attached hydrogen (secondary N) is 1. The molecule has 96 valence electrons. The van der Waals surface area contributed by atoms with Gasteiger partial charge in [-0.3, -0.25) is 0 Å². The van der Waals surface area contributed by atoms with Gasteiger partial charge in [-0.15, -0.1) is 0 Å². The smallest absolute Gasteiger partial charge is 0.387 e. The molecular weight excluding hydrogens is 244 g/mol. The number of hydrogen-bond donors (Lipinski definition) is 1. The summed E-state index contributed by atoms with van der Waals surface area (Å²) in [6.07, 6.45) is 0. The number of nitrogens with zero attached hydrogens (tertiary/aromatic N) is 2. The van der Waals surface area contributed by atoms with E-state index in [0.29, 0.717) is 17.4 Å². The van der Waals surface area contributed by atoms with E-state index in [4.69, 9.17) is 4.52 Å². The molecule has 0 unspecified atom stereocenters. The maximum absolute atomic E-state index is 12.2. The summed E-state index contributed by atoms with van der Waals surface area (Å²) < 4.78 is 33.5. The normalized spacial score (nSPS) is 10.7. The minimum absolute atomic E-state index is 0.0766. The number of rotatable bonds is 5. The number of aryl methyl sites for hydroxylation is 1. The average molecular weight is 255 g/mol. The van der Waals surface area contributed by atoms with Crippen LogP contribution >= 0.6 is 0 Å². The molecule has 1 heterocycles. The lowest BCUT2D eigenvalue weighted by Crippen LogP contribution is -2.07. The predicted octanol–water partition coefficient (Wildman–Crippen LogP) is 2.59. The van der Waals surface area contributed by atoms with E-state index in [1.165, 1.54) is 6.07 Å². The quantitative estimate of drug-likeness (QED) is 0.889. The Bertz CT molecular complexity index is 516. The number of halogens is 2. The monoisotopic (exact) mass is 255 g/mol. The minimum Gasteiger partial charge on any atom is -0.433 e. The Kier molecular flexibility index (Phi) is 3.71. The van der Waals surface area contributed by atoms with E-state index in [1.54, 1.807) is 25.1 Å². The molecule has 2 aromatic rings. The van der Waals surface area contributed by atoms with Crippen LogP contribution in [0.15, 0.2) is 28.8 Å². The van der Waals surface area contributed by atoms with Gasteiger partial charge in [0.15, 0.2) is 5.82 Å². The lowest BCUT2D eigenvalue weighted by Gasteiger charge is -2.10. The summed E-state index contributed by atoms with van der Waals surface area (Å²) in [7, 11) is 0. The van der Waals surface area contributed by atoms with Crippen molar-refractivity contribution in [3.05, 3.63) is 36.0 Å². The van der Waals surface area contributed by atoms with Crippen molar-refractivity contribution >= 4 is 5.69 Å². The summed E-state index contributed by atoms with van der Waals surface area (Å²) in [5.41, 5.74) is 0.445. The molecule has 0 fully saturated rings. The number of anilines is 1. The van der Waals surface area contributed by atoms with Crippen molar-refractivity contribution in [1.29, 1.82) is 0 Å². The van der Waals surface area contributed by atoms with Crippen LogP contribution in [0.25, 0.3) is 0 Å². The lowest BCUT2D eigenvalue weighted by atomic mass is 10.3. The molecule has 0 aliphatic rings. The third-order valence-corrected chi connectivity index (χ3v) is 2.11. The van der Waals surface area contributed by atoms with Crippen LogP contribution in [0.5, 0.6) is 5.75 Å². The molecule has 0 amide bonds. The van der Waals surface area contributed by atoms with Crippen molar-refractivity contribution in [2.75, 3.05) is 5.32 Å². The molecule has 0 aliphatic heterocycles. The third-order valence-electron chi connectivity index (χ3n) is 2.11. The largest absolute Gasteiger partial charge is 0.433 e. The van der Waals surface area contributed by atoms with Gasteiger partial charge in [-0.1, -0.05) is 17.3 Å². The first-order chi connectivity index (χ1) is 8.65. The van der Waals surface area contributed by atoms with Crippen molar-refractivity contribution in [3.8, 4) is 5.75 Å². The van der Waals surface area contributed by atoms with Gasteiger partial charge in [0, 0.05) is 6.92 Å². The van der Waals surface area contributed by atoms with Gasteiger partial charge in [0.1, 0.15) is 5.75 Å². The Hall–Kier alpha value is -2.18. The molecule has 0 aliphatic carbocycles. The molecule has 7 heteroatoms. The molecule has 5 nitrogen and oxygen atoms in total. The summed E-state index contributed by atoms with van der Waals surface area (Å²) in [4.78, 5) is 3.99. The van der Waals surface area contributed by atoms with E-state index in [0.717, 1.165) is 0 Å². The second kappa shape index (κ2) is 5.44. The lowest BCUT2D eigenvalue weighted by molar-refractivity contribution is -0.0493. The Morgan fingerprint density at radius 2 is 2.17 bits per heavy atom. The number of alkyl halides is 2. The second-order valence-corrected chi connectivity index (χ2v) is 3.46. The zero-order chi connectivity index (χ0) is 13.0. The summed E-state index contributed by atoms with van der Waals surface area (Å²) >= 11 is 0. The number of para-hydroxylation sites is 2. The first-order valence-electron chi connectivity index (χ1n) is 5.22. The molecule has 0 radical (unpaired) electrons. The van der Waals surface area contributed by atoms with Crippen molar-refractivity contribution in [3.63, 3.8) is 0 Å². The van der Waals surface area contributed by atoms with E-state index in [9.17, 15) is 8.78 Å². The highest BCUT2D eigenvalue weighted by atomic mass is 19.3. The summed E-state index contributed by atoms with van der Waals surface area (Å²) in [6.45, 7) is -0.925. The molecule has 0 spiro atoms. The SMILES string of the molecule is Cc1nc(CNc2ccccc2OC(F)F)no1. The second-order valence-electron chi connectivity index (χ2n) is 3.46. The Labute approximate surface area is 102 Å². The van der Waals surface area contributed by atoms with Crippen LogP contribution in [-0.4, -0.2) is 16.8 Å². The number of ether oxygens (including phenoxy) is 1. The number of aromatic nitrogens is 2. The Balaban J connectivity index is 2.04. The summed E-state index contributed by atoms with van der Waals surface area (Å²) in [5, 5.41) is 6.59. The first kappa shape index (κ1) is 12.3. The topological polar surface area (TPSA) is 60.2 Å². The van der Waals surface area contributed by atoms with Crippen molar-refractivity contribution in [2.45, 2.75) is 20.1 Å². The summed E-state index contributed by atoms with van der Waals surface area (Å²) in [6, 6.07) is 6.41. The van der Waals surface area contributed by atoms with Gasteiger partial charge in [-0.25, -0.2) is 0 Å².